The Morgan fingerprint density at radius 2 is 2.07 bits per heavy atom. The van der Waals surface area contributed by atoms with Crippen LogP contribution in [-0.2, 0) is 21.4 Å². The lowest BCUT2D eigenvalue weighted by Gasteiger charge is -2.12. The number of amides is 1. The molecule has 1 amide bonds. The predicted molar refractivity (Wildman–Crippen MR) is 106 cm³/mol. The zero-order valence-electron chi connectivity index (χ0n) is 15.9. The van der Waals surface area contributed by atoms with Crippen molar-refractivity contribution < 1.29 is 14.3 Å². The molecule has 0 aliphatic rings. The summed E-state index contributed by atoms with van der Waals surface area (Å²) in [6.45, 7) is 5.14. The molecule has 1 atom stereocenters. The van der Waals surface area contributed by atoms with Crippen molar-refractivity contribution in [2.24, 2.45) is 7.05 Å². The lowest BCUT2D eigenvalue weighted by atomic mass is 10.3. The number of aromatic nitrogens is 4. The number of aryl methyl sites for hydroxylation is 2. The number of nitrogens with zero attached hydrogens (tertiary/aromatic N) is 4. The second-order valence-electron chi connectivity index (χ2n) is 6.29. The third-order valence-electron chi connectivity index (χ3n) is 4.32. The molecule has 9 heteroatoms. The summed E-state index contributed by atoms with van der Waals surface area (Å²) in [6, 6.07) is 5.47. The molecule has 0 saturated carbocycles. The number of imidazole rings is 1. The van der Waals surface area contributed by atoms with Gasteiger partial charge < -0.3 is 10.1 Å². The van der Waals surface area contributed by atoms with Gasteiger partial charge >= 0.3 is 5.97 Å². The molecule has 0 aliphatic heterocycles. The van der Waals surface area contributed by atoms with Gasteiger partial charge in [-0.05, 0) is 39.0 Å². The second-order valence-corrected chi connectivity index (χ2v) is 6.65. The van der Waals surface area contributed by atoms with E-state index >= 15 is 0 Å². The van der Waals surface area contributed by atoms with Gasteiger partial charge in [-0.25, -0.2) is 9.78 Å². The average molecular weight is 402 g/mol. The van der Waals surface area contributed by atoms with E-state index in [0.717, 1.165) is 5.69 Å². The second kappa shape index (κ2) is 7.85. The summed E-state index contributed by atoms with van der Waals surface area (Å²) >= 11 is 6.12. The van der Waals surface area contributed by atoms with Crippen LogP contribution in [0.4, 0.5) is 5.69 Å². The maximum Gasteiger partial charge on any atom is 0.331 e. The van der Waals surface area contributed by atoms with Gasteiger partial charge in [0.2, 0.25) is 0 Å². The third kappa shape index (κ3) is 3.91. The van der Waals surface area contributed by atoms with Gasteiger partial charge in [0.1, 0.15) is 5.65 Å². The van der Waals surface area contributed by atoms with Gasteiger partial charge in [-0.15, -0.1) is 0 Å². The molecule has 0 aliphatic carbocycles. The Kier molecular flexibility index (Phi) is 5.51. The Bertz CT molecular complexity index is 1080. The molecule has 3 rings (SSSR count). The lowest BCUT2D eigenvalue weighted by molar-refractivity contribution is -0.148. The van der Waals surface area contributed by atoms with Crippen molar-refractivity contribution in [3.8, 4) is 0 Å². The van der Waals surface area contributed by atoms with Crippen LogP contribution in [0.15, 0.2) is 30.5 Å². The number of anilines is 1. The Balaban J connectivity index is 1.66. The van der Waals surface area contributed by atoms with Crippen LogP contribution in [0.3, 0.4) is 0 Å². The summed E-state index contributed by atoms with van der Waals surface area (Å²) in [5.74, 6) is -1.10. The molecule has 3 heterocycles. The first-order chi connectivity index (χ1) is 13.3. The summed E-state index contributed by atoms with van der Waals surface area (Å²) < 4.78 is 8.60. The summed E-state index contributed by atoms with van der Waals surface area (Å²) in [5, 5.41) is 7.25. The Labute approximate surface area is 166 Å². The van der Waals surface area contributed by atoms with Gasteiger partial charge in [0.05, 0.1) is 22.8 Å². The van der Waals surface area contributed by atoms with Crippen molar-refractivity contribution in [1.82, 2.24) is 19.2 Å². The minimum Gasteiger partial charge on any atom is -0.449 e. The van der Waals surface area contributed by atoms with E-state index in [1.54, 1.807) is 35.3 Å². The fourth-order valence-corrected chi connectivity index (χ4v) is 2.97. The van der Waals surface area contributed by atoms with Gasteiger partial charge in [-0.1, -0.05) is 17.7 Å². The SMILES string of the molecule is Cc1nn(C)c(C)c1NC(=O)[C@H](C)OC(=O)/C=C/c1c(Cl)nc2ccccn12. The highest BCUT2D eigenvalue weighted by Crippen LogP contribution is 2.20. The number of rotatable bonds is 5. The maximum absolute atomic E-state index is 12.3. The molecule has 0 bridgehead atoms. The molecule has 146 valence electrons. The number of carbonyl (C=O) groups excluding carboxylic acids is 2. The largest absolute Gasteiger partial charge is 0.449 e. The zero-order valence-corrected chi connectivity index (χ0v) is 16.7. The molecule has 0 unspecified atom stereocenters. The zero-order chi connectivity index (χ0) is 20.4. The fraction of sp³-hybridized carbons (Fsp3) is 0.263. The molecule has 28 heavy (non-hydrogen) atoms. The molecule has 0 aromatic carbocycles. The van der Waals surface area contributed by atoms with Gasteiger partial charge in [0.25, 0.3) is 5.91 Å². The van der Waals surface area contributed by atoms with Gasteiger partial charge in [0.15, 0.2) is 11.3 Å². The number of carbonyl (C=O) groups is 2. The molecule has 0 saturated heterocycles. The van der Waals surface area contributed by atoms with E-state index in [2.05, 4.69) is 15.4 Å². The van der Waals surface area contributed by atoms with Crippen LogP contribution in [-0.4, -0.2) is 37.1 Å². The van der Waals surface area contributed by atoms with Crippen LogP contribution in [0.1, 0.15) is 24.0 Å². The smallest absolute Gasteiger partial charge is 0.331 e. The van der Waals surface area contributed by atoms with Crippen molar-refractivity contribution in [2.75, 3.05) is 5.32 Å². The minimum absolute atomic E-state index is 0.267. The van der Waals surface area contributed by atoms with E-state index in [0.29, 0.717) is 22.7 Å². The molecule has 0 fully saturated rings. The molecule has 3 aromatic heterocycles. The molecular weight excluding hydrogens is 382 g/mol. The number of fused-ring (bicyclic) bond motifs is 1. The summed E-state index contributed by atoms with van der Waals surface area (Å²) in [5.41, 5.74) is 3.33. The van der Waals surface area contributed by atoms with E-state index in [1.165, 1.54) is 19.1 Å². The van der Waals surface area contributed by atoms with E-state index in [-0.39, 0.29) is 5.15 Å². The standard InChI is InChI=1S/C19H20ClN5O3/c1-11-17(12(2)24(4)23-11)22-19(27)13(3)28-16(26)9-8-14-18(20)21-15-7-5-6-10-25(14)15/h5-10,13H,1-4H3,(H,22,27)/b9-8+/t13-/m0/s1. The van der Waals surface area contributed by atoms with Crippen molar-refractivity contribution >= 4 is 40.9 Å². The highest BCUT2D eigenvalue weighted by Gasteiger charge is 2.20. The van der Waals surface area contributed by atoms with Crippen LogP contribution in [0.5, 0.6) is 0 Å². The topological polar surface area (TPSA) is 90.5 Å². The van der Waals surface area contributed by atoms with Gasteiger partial charge in [0, 0.05) is 19.3 Å². The first kappa shape index (κ1) is 19.6. The predicted octanol–water partition coefficient (Wildman–Crippen LogP) is 2.92. The number of nitrogens with one attached hydrogen (secondary N) is 1. The number of esters is 1. The fourth-order valence-electron chi connectivity index (χ4n) is 2.73. The summed E-state index contributed by atoms with van der Waals surface area (Å²) in [4.78, 5) is 28.6. The monoisotopic (exact) mass is 401 g/mol. The highest BCUT2D eigenvalue weighted by atomic mass is 35.5. The lowest BCUT2D eigenvalue weighted by Crippen LogP contribution is -2.29. The first-order valence-corrected chi connectivity index (χ1v) is 8.98. The van der Waals surface area contributed by atoms with Crippen molar-refractivity contribution in [2.45, 2.75) is 26.9 Å². The Morgan fingerprint density at radius 3 is 2.75 bits per heavy atom. The first-order valence-electron chi connectivity index (χ1n) is 8.60. The molecule has 3 aromatic rings. The third-order valence-corrected chi connectivity index (χ3v) is 4.60. The normalized spacial score (nSPS) is 12.5. The molecular formula is C19H20ClN5O3. The van der Waals surface area contributed by atoms with E-state index in [9.17, 15) is 9.59 Å². The Hall–Kier alpha value is -3.13. The van der Waals surface area contributed by atoms with E-state index in [4.69, 9.17) is 16.3 Å². The quantitative estimate of drug-likeness (QED) is 0.524. The van der Waals surface area contributed by atoms with Crippen molar-refractivity contribution in [3.05, 3.63) is 52.7 Å². The van der Waals surface area contributed by atoms with Crippen LogP contribution in [0.2, 0.25) is 5.15 Å². The van der Waals surface area contributed by atoms with Gasteiger partial charge in [-0.2, -0.15) is 5.10 Å². The average Bonchev–Trinajstić information content (AvgIpc) is 3.09. The maximum atomic E-state index is 12.3. The van der Waals surface area contributed by atoms with Crippen LogP contribution >= 0.6 is 11.6 Å². The van der Waals surface area contributed by atoms with E-state index in [1.807, 2.05) is 19.1 Å². The number of pyridine rings is 1. The van der Waals surface area contributed by atoms with Crippen LogP contribution in [0.25, 0.3) is 11.7 Å². The van der Waals surface area contributed by atoms with Crippen LogP contribution < -0.4 is 5.32 Å². The molecule has 0 radical (unpaired) electrons. The Morgan fingerprint density at radius 1 is 1.32 bits per heavy atom. The summed E-state index contributed by atoms with van der Waals surface area (Å²) in [6.07, 6.45) is 3.53. The van der Waals surface area contributed by atoms with Crippen molar-refractivity contribution in [3.63, 3.8) is 0 Å². The van der Waals surface area contributed by atoms with Crippen molar-refractivity contribution in [1.29, 1.82) is 0 Å². The van der Waals surface area contributed by atoms with Gasteiger partial charge in [-0.3, -0.25) is 13.9 Å². The number of ether oxygens (including phenoxy) is 1. The van der Waals surface area contributed by atoms with E-state index < -0.39 is 18.0 Å². The van der Waals surface area contributed by atoms with Crippen LogP contribution in [0, 0.1) is 13.8 Å². The highest BCUT2D eigenvalue weighted by molar-refractivity contribution is 6.31. The number of hydrogen-bond donors (Lipinski definition) is 1. The molecule has 0 spiro atoms. The number of hydrogen-bond acceptors (Lipinski definition) is 5. The molecule has 8 nitrogen and oxygen atoms in total. The number of halogens is 1. The molecule has 1 N–H and O–H groups in total. The summed E-state index contributed by atoms with van der Waals surface area (Å²) in [7, 11) is 1.79. The minimum atomic E-state index is -0.978.